The zero-order chi connectivity index (χ0) is 42.1. The van der Waals surface area contributed by atoms with Crippen molar-refractivity contribution < 1.29 is 23.8 Å². The molecule has 0 spiro atoms. The highest BCUT2D eigenvalue weighted by atomic mass is 16.6. The van der Waals surface area contributed by atoms with Crippen molar-refractivity contribution in [3.63, 3.8) is 0 Å². The van der Waals surface area contributed by atoms with Crippen LogP contribution in [0.5, 0.6) is 0 Å². The van der Waals surface area contributed by atoms with Gasteiger partial charge in [0.15, 0.2) is 6.10 Å². The second-order valence-electron chi connectivity index (χ2n) is 16.4. The quantitative estimate of drug-likeness (QED) is 0.0348. The predicted octanol–water partition coefficient (Wildman–Crippen LogP) is 16.6. The van der Waals surface area contributed by atoms with Crippen LogP contribution in [-0.2, 0) is 23.8 Å². The molecular formula is C53H94O5. The lowest BCUT2D eigenvalue weighted by Gasteiger charge is -2.18. The van der Waals surface area contributed by atoms with Gasteiger partial charge in [-0.25, -0.2) is 0 Å². The molecule has 0 heterocycles. The predicted molar refractivity (Wildman–Crippen MR) is 251 cm³/mol. The number of ether oxygens (including phenoxy) is 3. The van der Waals surface area contributed by atoms with E-state index >= 15 is 0 Å². The Balaban J connectivity index is 4.24. The third-order valence-corrected chi connectivity index (χ3v) is 10.5. The Bertz CT molecular complexity index is 1010. The molecule has 0 aliphatic heterocycles. The minimum Gasteiger partial charge on any atom is -0.462 e. The first-order chi connectivity index (χ1) is 28.6. The monoisotopic (exact) mass is 811 g/mol. The lowest BCUT2D eigenvalue weighted by molar-refractivity contribution is -0.163. The zero-order valence-electron chi connectivity index (χ0n) is 38.6. The fourth-order valence-corrected chi connectivity index (χ4v) is 6.71. The number of rotatable bonds is 45. The highest BCUT2D eigenvalue weighted by Gasteiger charge is 2.17. The van der Waals surface area contributed by atoms with Gasteiger partial charge in [-0.3, -0.25) is 9.59 Å². The summed E-state index contributed by atoms with van der Waals surface area (Å²) < 4.78 is 17.3. The largest absolute Gasteiger partial charge is 0.462 e. The molecule has 0 aromatic carbocycles. The minimum absolute atomic E-state index is 0.0721. The molecule has 5 heteroatoms. The van der Waals surface area contributed by atoms with E-state index in [2.05, 4.69) is 81.5 Å². The summed E-state index contributed by atoms with van der Waals surface area (Å²) in [5, 5.41) is 0. The van der Waals surface area contributed by atoms with Gasteiger partial charge in [0.05, 0.1) is 6.61 Å². The number of unbranched alkanes of at least 4 members (excludes halogenated alkanes) is 24. The molecule has 1 unspecified atom stereocenters. The topological polar surface area (TPSA) is 61.8 Å². The molecule has 0 aliphatic carbocycles. The average Bonchev–Trinajstić information content (AvgIpc) is 3.22. The van der Waals surface area contributed by atoms with Gasteiger partial charge in [-0.05, 0) is 96.3 Å². The summed E-state index contributed by atoms with van der Waals surface area (Å²) in [6.45, 7) is 7.71. The van der Waals surface area contributed by atoms with Crippen molar-refractivity contribution in [2.45, 2.75) is 245 Å². The Labute approximate surface area is 360 Å². The van der Waals surface area contributed by atoms with E-state index in [1.807, 2.05) is 0 Å². The maximum Gasteiger partial charge on any atom is 0.306 e. The third-order valence-electron chi connectivity index (χ3n) is 10.5. The van der Waals surface area contributed by atoms with Gasteiger partial charge in [-0.2, -0.15) is 0 Å². The normalized spacial score (nSPS) is 12.7. The average molecular weight is 811 g/mol. The van der Waals surface area contributed by atoms with Crippen molar-refractivity contribution in [1.82, 2.24) is 0 Å². The van der Waals surface area contributed by atoms with Gasteiger partial charge in [0.1, 0.15) is 6.61 Å². The fraction of sp³-hybridized carbons (Fsp3) is 0.774. The van der Waals surface area contributed by atoms with Gasteiger partial charge in [-0.1, -0.05) is 191 Å². The summed E-state index contributed by atoms with van der Waals surface area (Å²) in [5.41, 5.74) is 0. The van der Waals surface area contributed by atoms with Gasteiger partial charge in [0.2, 0.25) is 0 Å². The molecule has 0 saturated heterocycles. The molecule has 1 atom stereocenters. The molecule has 0 rings (SSSR count). The van der Waals surface area contributed by atoms with Crippen molar-refractivity contribution in [2.24, 2.45) is 0 Å². The highest BCUT2D eigenvalue weighted by Crippen LogP contribution is 2.13. The molecule has 0 fully saturated rings. The number of carbonyl (C=O) groups is 2. The molecule has 0 amide bonds. The summed E-state index contributed by atoms with van der Waals surface area (Å²) in [4.78, 5) is 25.3. The standard InChI is InChI=1S/C53H94O5/c1-4-7-10-13-16-19-22-24-25-26-27-28-29-30-32-34-37-40-43-46-52(54)57-50-51(49-56-48-45-42-39-36-33-23-20-17-14-11-8-5-2)58-53(55)47-44-41-38-35-31-21-18-15-12-9-6-3/h14-19,24-25,27-28,51H,4-13,20-23,26,29-50H2,1-3H3/b17-14-,18-15-,19-16-,25-24-,28-27-. The van der Waals surface area contributed by atoms with Gasteiger partial charge in [-0.15, -0.1) is 0 Å². The van der Waals surface area contributed by atoms with Crippen LogP contribution in [0, 0.1) is 0 Å². The molecule has 0 radical (unpaired) electrons. The summed E-state index contributed by atoms with van der Waals surface area (Å²) in [6.07, 6.45) is 60.8. The molecule has 0 bridgehead atoms. The van der Waals surface area contributed by atoms with Crippen molar-refractivity contribution in [3.8, 4) is 0 Å². The summed E-state index contributed by atoms with van der Waals surface area (Å²) >= 11 is 0. The van der Waals surface area contributed by atoms with Gasteiger partial charge < -0.3 is 14.2 Å². The minimum atomic E-state index is -0.548. The van der Waals surface area contributed by atoms with E-state index in [9.17, 15) is 9.59 Å². The van der Waals surface area contributed by atoms with E-state index in [0.29, 0.717) is 19.4 Å². The summed E-state index contributed by atoms with van der Waals surface area (Å²) in [6, 6.07) is 0. The first-order valence-electron chi connectivity index (χ1n) is 24.8. The van der Waals surface area contributed by atoms with E-state index in [1.54, 1.807) is 0 Å². The number of esters is 2. The molecule has 0 saturated carbocycles. The molecule has 0 aromatic rings. The Kier molecular flexibility index (Phi) is 46.9. The van der Waals surface area contributed by atoms with Crippen molar-refractivity contribution >= 4 is 11.9 Å². The van der Waals surface area contributed by atoms with Crippen molar-refractivity contribution in [2.75, 3.05) is 19.8 Å². The Morgan fingerprint density at radius 3 is 1.22 bits per heavy atom. The molecule has 0 N–H and O–H groups in total. The lowest BCUT2D eigenvalue weighted by Crippen LogP contribution is -2.30. The van der Waals surface area contributed by atoms with Crippen molar-refractivity contribution in [3.05, 3.63) is 60.8 Å². The number of hydrogen-bond acceptors (Lipinski definition) is 5. The number of carbonyl (C=O) groups excluding carboxylic acids is 2. The van der Waals surface area contributed by atoms with E-state index in [4.69, 9.17) is 14.2 Å². The first-order valence-corrected chi connectivity index (χ1v) is 24.8. The van der Waals surface area contributed by atoms with Crippen LogP contribution in [0.4, 0.5) is 0 Å². The van der Waals surface area contributed by atoms with Crippen LogP contribution in [0.2, 0.25) is 0 Å². The van der Waals surface area contributed by atoms with E-state index in [0.717, 1.165) is 77.0 Å². The zero-order valence-corrected chi connectivity index (χ0v) is 38.6. The van der Waals surface area contributed by atoms with Crippen LogP contribution in [-0.4, -0.2) is 37.9 Å². The molecule has 0 aromatic heterocycles. The van der Waals surface area contributed by atoms with Crippen molar-refractivity contribution in [1.29, 1.82) is 0 Å². The Morgan fingerprint density at radius 2 is 0.741 bits per heavy atom. The van der Waals surface area contributed by atoms with Crippen LogP contribution in [0.3, 0.4) is 0 Å². The van der Waals surface area contributed by atoms with Gasteiger partial charge in [0.25, 0.3) is 0 Å². The van der Waals surface area contributed by atoms with Crippen LogP contribution in [0.25, 0.3) is 0 Å². The molecule has 5 nitrogen and oxygen atoms in total. The molecule has 336 valence electrons. The van der Waals surface area contributed by atoms with Gasteiger partial charge in [0, 0.05) is 19.4 Å². The fourth-order valence-electron chi connectivity index (χ4n) is 6.71. The maximum atomic E-state index is 12.7. The summed E-state index contributed by atoms with van der Waals surface area (Å²) in [7, 11) is 0. The molecule has 58 heavy (non-hydrogen) atoms. The number of hydrogen-bond donors (Lipinski definition) is 0. The molecule has 0 aliphatic rings. The van der Waals surface area contributed by atoms with Crippen LogP contribution in [0.1, 0.15) is 239 Å². The van der Waals surface area contributed by atoms with E-state index in [-0.39, 0.29) is 25.2 Å². The third kappa shape index (κ3) is 46.3. The second-order valence-corrected chi connectivity index (χ2v) is 16.4. The summed E-state index contributed by atoms with van der Waals surface area (Å²) in [5.74, 6) is -0.424. The van der Waals surface area contributed by atoms with Gasteiger partial charge >= 0.3 is 11.9 Å². The SMILES string of the molecule is CCCC/C=C\CCCCCCCCOCC(COC(=O)CCCCCCCC/C=C\C/C=C\C/C=C\CCCCC)OC(=O)CCCCCCC/C=C\CCCC. The smallest absolute Gasteiger partial charge is 0.306 e. The van der Waals surface area contributed by atoms with Crippen LogP contribution in [0.15, 0.2) is 60.8 Å². The van der Waals surface area contributed by atoms with E-state index in [1.165, 1.54) is 128 Å². The van der Waals surface area contributed by atoms with Crippen LogP contribution >= 0.6 is 0 Å². The molecular weight excluding hydrogens is 717 g/mol. The Hall–Kier alpha value is -2.40. The lowest BCUT2D eigenvalue weighted by atomic mass is 10.1. The highest BCUT2D eigenvalue weighted by molar-refractivity contribution is 5.70. The number of allylic oxidation sites excluding steroid dienone is 10. The Morgan fingerprint density at radius 1 is 0.379 bits per heavy atom. The second kappa shape index (κ2) is 49.0. The van der Waals surface area contributed by atoms with E-state index < -0.39 is 6.10 Å². The maximum absolute atomic E-state index is 12.7. The van der Waals surface area contributed by atoms with Crippen LogP contribution < -0.4 is 0 Å². The first kappa shape index (κ1) is 55.6.